The normalized spacial score (nSPS) is 25.2. The van der Waals surface area contributed by atoms with Gasteiger partial charge in [-0.25, -0.2) is 18.0 Å². The Kier molecular flexibility index (Phi) is 5.85. The van der Waals surface area contributed by atoms with Gasteiger partial charge in [0.25, 0.3) is 0 Å². The molecule has 0 aromatic heterocycles. The summed E-state index contributed by atoms with van der Waals surface area (Å²) in [6.07, 6.45) is -0.141. The lowest BCUT2D eigenvalue weighted by atomic mass is 9.84. The molecule has 2 aliphatic rings. The molecule has 170 valence electrons. The number of methoxy groups -OCH3 is 1. The van der Waals surface area contributed by atoms with Crippen molar-refractivity contribution in [2.24, 2.45) is 0 Å². The van der Waals surface area contributed by atoms with Crippen molar-refractivity contribution < 1.29 is 32.2 Å². The maximum Gasteiger partial charge on any atom is 0.410 e. The lowest BCUT2D eigenvalue weighted by Gasteiger charge is -2.40. The number of nitrogens with zero attached hydrogens (tertiary/aromatic N) is 1. The number of amides is 2. The van der Waals surface area contributed by atoms with E-state index in [4.69, 9.17) is 9.47 Å². The van der Waals surface area contributed by atoms with Crippen molar-refractivity contribution in [1.82, 2.24) is 10.2 Å². The second-order valence-electron chi connectivity index (χ2n) is 8.28. The molecule has 2 aromatic carbocycles. The lowest BCUT2D eigenvalue weighted by molar-refractivity contribution is -0.136. The first-order chi connectivity index (χ1) is 15.2. The number of carbonyl (C=O) groups is 2. The number of benzene rings is 2. The van der Waals surface area contributed by atoms with E-state index in [2.05, 4.69) is 5.32 Å². The Bertz CT molecular complexity index is 1040. The van der Waals surface area contributed by atoms with E-state index in [0.29, 0.717) is 6.42 Å². The van der Waals surface area contributed by atoms with Gasteiger partial charge < -0.3 is 14.8 Å². The predicted molar refractivity (Wildman–Crippen MR) is 109 cm³/mol. The highest BCUT2D eigenvalue weighted by Crippen LogP contribution is 2.38. The zero-order valence-electron chi connectivity index (χ0n) is 17.7. The number of likely N-dealkylation sites (tertiary alicyclic amines) is 1. The molecule has 2 fully saturated rings. The third-order valence-electron chi connectivity index (χ3n) is 6.14. The predicted octanol–water partition coefficient (Wildman–Crippen LogP) is 3.43. The summed E-state index contributed by atoms with van der Waals surface area (Å²) in [6, 6.07) is 6.45. The summed E-state index contributed by atoms with van der Waals surface area (Å²) in [6.45, 7) is 1.90. The van der Waals surface area contributed by atoms with E-state index in [0.717, 1.165) is 18.2 Å². The number of hydrogen-bond donors (Lipinski definition) is 1. The summed E-state index contributed by atoms with van der Waals surface area (Å²) in [7, 11) is 1.26. The fraction of sp³-hybridized carbons (Fsp3) is 0.391. The zero-order chi connectivity index (χ0) is 23.0. The van der Waals surface area contributed by atoms with Crippen molar-refractivity contribution in [3.63, 3.8) is 0 Å². The van der Waals surface area contributed by atoms with Crippen LogP contribution in [0.15, 0.2) is 36.4 Å². The van der Waals surface area contributed by atoms with Gasteiger partial charge in [-0.2, -0.15) is 0 Å². The van der Waals surface area contributed by atoms with Crippen molar-refractivity contribution in [3.8, 4) is 11.1 Å². The second kappa shape index (κ2) is 8.46. The molecule has 9 heteroatoms. The molecule has 2 saturated heterocycles. The second-order valence-corrected chi connectivity index (χ2v) is 8.28. The molecule has 0 aliphatic carbocycles. The fourth-order valence-electron chi connectivity index (χ4n) is 4.88. The van der Waals surface area contributed by atoms with Crippen LogP contribution >= 0.6 is 0 Å². The molecule has 2 amide bonds. The molecular formula is C23H23F3N2O4. The SMILES string of the molecule is COC(=O)N1[C@H](C)C[C@@]2(COCC(=O)N2)[C@@H]1Cc1cccc(-c2cc(F)cc(F)c2)c1F. The first kappa shape index (κ1) is 22.1. The number of rotatable bonds is 3. The quantitative estimate of drug-likeness (QED) is 0.782. The topological polar surface area (TPSA) is 67.9 Å². The van der Waals surface area contributed by atoms with Gasteiger partial charge in [-0.05, 0) is 43.0 Å². The van der Waals surface area contributed by atoms with Crippen LogP contribution in [0.5, 0.6) is 0 Å². The van der Waals surface area contributed by atoms with E-state index in [1.54, 1.807) is 12.1 Å². The van der Waals surface area contributed by atoms with Gasteiger partial charge >= 0.3 is 6.09 Å². The number of ether oxygens (including phenoxy) is 2. The molecule has 3 atom stereocenters. The van der Waals surface area contributed by atoms with Gasteiger partial charge in [0, 0.05) is 17.7 Å². The third-order valence-corrected chi connectivity index (χ3v) is 6.14. The smallest absolute Gasteiger partial charge is 0.410 e. The van der Waals surface area contributed by atoms with E-state index < -0.39 is 35.1 Å². The Morgan fingerprint density at radius 2 is 1.97 bits per heavy atom. The highest BCUT2D eigenvalue weighted by Gasteiger charge is 2.55. The Morgan fingerprint density at radius 1 is 1.25 bits per heavy atom. The molecule has 2 aromatic rings. The lowest BCUT2D eigenvalue weighted by Crippen LogP contribution is -2.64. The number of halogens is 3. The van der Waals surface area contributed by atoms with E-state index in [1.807, 2.05) is 6.92 Å². The standard InChI is InChI=1S/C23H23F3N2O4/c1-13-10-23(12-32-11-20(29)27-23)19(28(13)22(30)31-2)8-14-4-3-5-18(21(14)26)15-6-16(24)9-17(25)7-15/h3-7,9,13,19H,8,10-12H2,1-2H3,(H,27,29)/t13-,19+,23-/m1/s1. The van der Waals surface area contributed by atoms with Crippen molar-refractivity contribution in [1.29, 1.82) is 0 Å². The van der Waals surface area contributed by atoms with Gasteiger partial charge in [-0.1, -0.05) is 18.2 Å². The Hall–Kier alpha value is -3.07. The molecule has 6 nitrogen and oxygen atoms in total. The number of nitrogens with one attached hydrogen (secondary N) is 1. The van der Waals surface area contributed by atoms with Crippen LogP contribution in [0.3, 0.4) is 0 Å². The number of hydrogen-bond acceptors (Lipinski definition) is 4. The first-order valence-electron chi connectivity index (χ1n) is 10.2. The maximum atomic E-state index is 15.5. The van der Waals surface area contributed by atoms with Crippen LogP contribution in [0.4, 0.5) is 18.0 Å². The molecule has 0 saturated carbocycles. The molecule has 0 bridgehead atoms. The first-order valence-corrected chi connectivity index (χ1v) is 10.2. The minimum absolute atomic E-state index is 0.0366. The van der Waals surface area contributed by atoms with E-state index >= 15 is 4.39 Å². The van der Waals surface area contributed by atoms with Crippen LogP contribution in [0.1, 0.15) is 18.9 Å². The summed E-state index contributed by atoms with van der Waals surface area (Å²) in [4.78, 5) is 26.2. The van der Waals surface area contributed by atoms with Crippen LogP contribution in [0, 0.1) is 17.5 Å². The highest BCUT2D eigenvalue weighted by atomic mass is 19.1. The van der Waals surface area contributed by atoms with E-state index in [9.17, 15) is 18.4 Å². The third kappa shape index (κ3) is 3.92. The van der Waals surface area contributed by atoms with Crippen molar-refractivity contribution in [2.75, 3.05) is 20.3 Å². The average molecular weight is 448 g/mol. The van der Waals surface area contributed by atoms with Crippen LogP contribution in [-0.2, 0) is 20.7 Å². The molecule has 2 heterocycles. The minimum Gasteiger partial charge on any atom is -0.453 e. The van der Waals surface area contributed by atoms with Gasteiger partial charge in [0.1, 0.15) is 24.1 Å². The van der Waals surface area contributed by atoms with Gasteiger partial charge in [0.15, 0.2) is 0 Å². The number of carbonyl (C=O) groups excluding carboxylic acids is 2. The van der Waals surface area contributed by atoms with Crippen LogP contribution in [-0.4, -0.2) is 54.8 Å². The molecule has 4 rings (SSSR count). The summed E-state index contributed by atoms with van der Waals surface area (Å²) >= 11 is 0. The van der Waals surface area contributed by atoms with E-state index in [1.165, 1.54) is 18.1 Å². The number of morpholine rings is 1. The fourth-order valence-corrected chi connectivity index (χ4v) is 4.88. The highest BCUT2D eigenvalue weighted by molar-refractivity contribution is 5.79. The van der Waals surface area contributed by atoms with Crippen molar-refractivity contribution in [3.05, 3.63) is 59.4 Å². The molecule has 2 aliphatic heterocycles. The summed E-state index contributed by atoms with van der Waals surface area (Å²) in [5, 5.41) is 2.95. The molecule has 1 spiro atoms. The van der Waals surface area contributed by atoms with Gasteiger partial charge in [-0.15, -0.1) is 0 Å². The molecule has 32 heavy (non-hydrogen) atoms. The van der Waals surface area contributed by atoms with Crippen LogP contribution < -0.4 is 5.32 Å². The zero-order valence-corrected chi connectivity index (χ0v) is 17.7. The molecule has 0 unspecified atom stereocenters. The Morgan fingerprint density at radius 3 is 2.62 bits per heavy atom. The van der Waals surface area contributed by atoms with Crippen molar-refractivity contribution >= 4 is 12.0 Å². The Labute approximate surface area is 183 Å². The summed E-state index contributed by atoms with van der Waals surface area (Å²) in [5.74, 6) is -2.59. The molecule has 1 N–H and O–H groups in total. The monoisotopic (exact) mass is 448 g/mol. The largest absolute Gasteiger partial charge is 0.453 e. The van der Waals surface area contributed by atoms with Crippen molar-refractivity contribution in [2.45, 2.75) is 37.4 Å². The van der Waals surface area contributed by atoms with Gasteiger partial charge in [0.05, 0.1) is 25.3 Å². The van der Waals surface area contributed by atoms with Gasteiger partial charge in [0.2, 0.25) is 5.91 Å². The summed E-state index contributed by atoms with van der Waals surface area (Å²) < 4.78 is 53.3. The maximum absolute atomic E-state index is 15.5. The molecular weight excluding hydrogens is 425 g/mol. The Balaban J connectivity index is 1.74. The van der Waals surface area contributed by atoms with Crippen LogP contribution in [0.25, 0.3) is 11.1 Å². The van der Waals surface area contributed by atoms with Crippen LogP contribution in [0.2, 0.25) is 0 Å². The van der Waals surface area contributed by atoms with Gasteiger partial charge in [-0.3, -0.25) is 9.69 Å². The average Bonchev–Trinajstić information content (AvgIpc) is 2.98. The summed E-state index contributed by atoms with van der Waals surface area (Å²) in [5.41, 5.74) is -0.569. The van der Waals surface area contributed by atoms with E-state index in [-0.39, 0.29) is 48.3 Å². The molecule has 0 radical (unpaired) electrons. The minimum atomic E-state index is -0.906.